The number of nitro groups is 1. The van der Waals surface area contributed by atoms with Crippen molar-refractivity contribution in [3.63, 3.8) is 0 Å². The minimum absolute atomic E-state index is 0.127. The van der Waals surface area contributed by atoms with Gasteiger partial charge in [-0.15, -0.1) is 0 Å². The number of non-ortho nitro benzene ring substituents is 1. The molecule has 28 heavy (non-hydrogen) atoms. The summed E-state index contributed by atoms with van der Waals surface area (Å²) < 4.78 is 31.9. The van der Waals surface area contributed by atoms with Crippen LogP contribution in [0.2, 0.25) is 10.0 Å². The molecule has 0 heterocycles. The molecule has 0 spiro atoms. The van der Waals surface area contributed by atoms with Crippen molar-refractivity contribution < 1.29 is 28.0 Å². The molecule has 0 fully saturated rings. The quantitative estimate of drug-likeness (QED) is 0.506. The lowest BCUT2D eigenvalue weighted by atomic mass is 10.2. The maximum absolute atomic E-state index is 13.2. The summed E-state index contributed by atoms with van der Waals surface area (Å²) in [5.74, 6) is -1.34. The Labute approximate surface area is 170 Å². The van der Waals surface area contributed by atoms with Gasteiger partial charge in [-0.1, -0.05) is 29.3 Å². The second kappa shape index (κ2) is 8.21. The molecule has 2 aromatic carbocycles. The lowest BCUT2D eigenvalue weighted by molar-refractivity contribution is -0.384. The van der Waals surface area contributed by atoms with E-state index in [4.69, 9.17) is 27.9 Å². The lowest BCUT2D eigenvalue weighted by Gasteiger charge is -2.25. The van der Waals surface area contributed by atoms with Crippen LogP contribution in [0.1, 0.15) is 5.56 Å². The Morgan fingerprint density at radius 2 is 1.89 bits per heavy atom. The first-order valence-electron chi connectivity index (χ1n) is 7.52. The zero-order chi connectivity index (χ0) is 21.2. The van der Waals surface area contributed by atoms with Crippen molar-refractivity contribution in [3.05, 3.63) is 56.1 Å². The van der Waals surface area contributed by atoms with Crippen molar-refractivity contribution in [2.45, 2.75) is 11.8 Å². The number of aryl methyl sites for hydroxylation is 1. The molecule has 150 valence electrons. The van der Waals surface area contributed by atoms with Crippen LogP contribution in [0.25, 0.3) is 0 Å². The normalized spacial score (nSPS) is 11.1. The Morgan fingerprint density at radius 1 is 1.25 bits per heavy atom. The van der Waals surface area contributed by atoms with E-state index >= 15 is 0 Å². The van der Waals surface area contributed by atoms with Gasteiger partial charge in [-0.3, -0.25) is 19.2 Å². The number of anilines is 1. The first kappa shape index (κ1) is 21.7. The Morgan fingerprint density at radius 3 is 2.43 bits per heavy atom. The molecule has 0 aromatic heterocycles. The molecule has 0 saturated carbocycles. The number of hydrogen-bond acceptors (Lipinski definition) is 6. The maximum atomic E-state index is 13.2. The van der Waals surface area contributed by atoms with E-state index in [0.29, 0.717) is 9.87 Å². The molecular formula is C16H14Cl2N2O7S. The van der Waals surface area contributed by atoms with E-state index in [2.05, 4.69) is 0 Å². The minimum Gasteiger partial charge on any atom is -0.495 e. The van der Waals surface area contributed by atoms with Gasteiger partial charge in [0, 0.05) is 12.1 Å². The van der Waals surface area contributed by atoms with Crippen molar-refractivity contribution in [1.29, 1.82) is 0 Å². The molecule has 0 aliphatic carbocycles. The third-order valence-corrected chi connectivity index (χ3v) is 6.53. The smallest absolute Gasteiger partial charge is 0.324 e. The lowest BCUT2D eigenvalue weighted by Crippen LogP contribution is -2.36. The van der Waals surface area contributed by atoms with Crippen molar-refractivity contribution in [2.75, 3.05) is 18.0 Å². The standard InChI is InChI=1S/C16H14Cl2N2O7S/c1-9-3-4-10(20(23)24)7-11(9)19(8-14(21)22)28(25,26)13-6-5-12(27-2)15(17)16(13)18/h3-7H,8H2,1-2H3,(H,21,22). The maximum Gasteiger partial charge on any atom is 0.324 e. The zero-order valence-corrected chi connectivity index (χ0v) is 16.9. The number of ether oxygens (including phenoxy) is 1. The predicted octanol–water partition coefficient (Wildman–Crippen LogP) is 3.50. The van der Waals surface area contributed by atoms with Crippen LogP contribution in [0, 0.1) is 17.0 Å². The summed E-state index contributed by atoms with van der Waals surface area (Å²) in [6, 6.07) is 5.86. The first-order chi connectivity index (χ1) is 13.0. The van der Waals surface area contributed by atoms with Crippen molar-refractivity contribution >= 4 is 50.6 Å². The second-order valence-electron chi connectivity index (χ2n) is 5.53. The summed E-state index contributed by atoms with van der Waals surface area (Å²) >= 11 is 12.1. The van der Waals surface area contributed by atoms with Crippen LogP contribution in [0.4, 0.5) is 11.4 Å². The number of methoxy groups -OCH3 is 1. The summed E-state index contributed by atoms with van der Waals surface area (Å²) in [5, 5.41) is 19.7. The van der Waals surface area contributed by atoms with Crippen molar-refractivity contribution in [1.82, 2.24) is 0 Å². The summed E-state index contributed by atoms with van der Waals surface area (Å²) in [6.45, 7) is 0.510. The first-order valence-corrected chi connectivity index (χ1v) is 9.71. The monoisotopic (exact) mass is 448 g/mol. The highest BCUT2D eigenvalue weighted by Crippen LogP contribution is 2.39. The molecule has 0 aliphatic heterocycles. The molecule has 0 saturated heterocycles. The van der Waals surface area contributed by atoms with Gasteiger partial charge in [-0.05, 0) is 24.6 Å². The van der Waals surface area contributed by atoms with Gasteiger partial charge in [0.05, 0.1) is 22.7 Å². The predicted molar refractivity (Wildman–Crippen MR) is 103 cm³/mol. The number of carbonyl (C=O) groups is 1. The SMILES string of the molecule is COc1ccc(S(=O)(=O)N(CC(=O)O)c2cc([N+](=O)[O-])ccc2C)c(Cl)c1Cl. The number of rotatable bonds is 7. The van der Waals surface area contributed by atoms with E-state index in [0.717, 1.165) is 12.1 Å². The third kappa shape index (κ3) is 4.13. The van der Waals surface area contributed by atoms with Crippen molar-refractivity contribution in [2.24, 2.45) is 0 Å². The molecule has 1 N–H and O–H groups in total. The van der Waals surface area contributed by atoms with Crippen LogP contribution >= 0.6 is 23.2 Å². The number of benzene rings is 2. The fraction of sp³-hybridized carbons (Fsp3) is 0.188. The summed E-state index contributed by atoms with van der Waals surface area (Å²) in [4.78, 5) is 21.2. The number of sulfonamides is 1. The van der Waals surface area contributed by atoms with Crippen LogP contribution in [0.3, 0.4) is 0 Å². The minimum atomic E-state index is -4.53. The van der Waals surface area contributed by atoms with Gasteiger partial charge in [0.15, 0.2) is 0 Å². The van der Waals surface area contributed by atoms with Crippen LogP contribution in [0.5, 0.6) is 5.75 Å². The summed E-state index contributed by atoms with van der Waals surface area (Å²) in [5.41, 5.74) is -0.254. The van der Waals surface area contributed by atoms with Gasteiger partial charge in [-0.2, -0.15) is 0 Å². The van der Waals surface area contributed by atoms with E-state index in [1.807, 2.05) is 0 Å². The highest BCUT2D eigenvalue weighted by atomic mass is 35.5. The number of nitro benzene ring substituents is 1. The molecule has 0 aliphatic rings. The average Bonchev–Trinajstić information content (AvgIpc) is 2.62. The van der Waals surface area contributed by atoms with Crippen LogP contribution in [0.15, 0.2) is 35.2 Å². The number of hydrogen-bond donors (Lipinski definition) is 1. The van der Waals surface area contributed by atoms with Gasteiger partial charge in [0.1, 0.15) is 22.2 Å². The molecule has 2 aromatic rings. The Kier molecular flexibility index (Phi) is 6.37. The fourth-order valence-electron chi connectivity index (χ4n) is 2.39. The third-order valence-electron chi connectivity index (χ3n) is 3.75. The van der Waals surface area contributed by atoms with Crippen LogP contribution in [-0.2, 0) is 14.8 Å². The number of nitrogens with zero attached hydrogens (tertiary/aromatic N) is 2. The molecule has 0 atom stereocenters. The van der Waals surface area contributed by atoms with Crippen LogP contribution < -0.4 is 9.04 Å². The molecule has 0 amide bonds. The number of aliphatic carboxylic acids is 1. The zero-order valence-electron chi connectivity index (χ0n) is 14.5. The van der Waals surface area contributed by atoms with E-state index in [1.54, 1.807) is 0 Å². The molecule has 9 nitrogen and oxygen atoms in total. The molecule has 0 unspecified atom stereocenters. The van der Waals surface area contributed by atoms with E-state index in [1.165, 1.54) is 32.2 Å². The number of halogens is 2. The van der Waals surface area contributed by atoms with Gasteiger partial charge in [-0.25, -0.2) is 8.42 Å². The second-order valence-corrected chi connectivity index (χ2v) is 8.11. The number of carboxylic acid groups (broad SMARTS) is 1. The molecule has 0 radical (unpaired) electrons. The van der Waals surface area contributed by atoms with E-state index in [-0.39, 0.29) is 21.5 Å². The van der Waals surface area contributed by atoms with E-state index in [9.17, 15) is 28.4 Å². The van der Waals surface area contributed by atoms with Crippen molar-refractivity contribution in [3.8, 4) is 5.75 Å². The highest BCUT2D eigenvalue weighted by Gasteiger charge is 2.32. The molecule has 12 heteroatoms. The van der Waals surface area contributed by atoms with Gasteiger partial charge in [0.25, 0.3) is 15.7 Å². The van der Waals surface area contributed by atoms with E-state index < -0.39 is 38.0 Å². The van der Waals surface area contributed by atoms with Gasteiger partial charge < -0.3 is 9.84 Å². The molecule has 0 bridgehead atoms. The highest BCUT2D eigenvalue weighted by molar-refractivity contribution is 7.93. The summed E-state index contributed by atoms with van der Waals surface area (Å²) in [6.07, 6.45) is 0. The fourth-order valence-corrected chi connectivity index (χ4v) is 4.68. The number of carboxylic acids is 1. The largest absolute Gasteiger partial charge is 0.495 e. The average molecular weight is 449 g/mol. The Hall–Kier alpha value is -2.56. The van der Waals surface area contributed by atoms with Crippen LogP contribution in [-0.4, -0.2) is 38.1 Å². The van der Waals surface area contributed by atoms with Gasteiger partial charge in [0.2, 0.25) is 0 Å². The Balaban J connectivity index is 2.73. The summed E-state index contributed by atoms with van der Waals surface area (Å²) in [7, 11) is -3.22. The topological polar surface area (TPSA) is 127 Å². The Bertz CT molecular complexity index is 1060. The molecular weight excluding hydrogens is 435 g/mol. The van der Waals surface area contributed by atoms with Gasteiger partial charge >= 0.3 is 5.97 Å². The molecule has 2 rings (SSSR count).